The Morgan fingerprint density at radius 1 is 1.20 bits per heavy atom. The Hall–Kier alpha value is -0.900. The van der Waals surface area contributed by atoms with Crippen molar-refractivity contribution in [3.05, 3.63) is 35.4 Å². The largest absolute Gasteiger partial charge is 0.377 e. The SMILES string of the molecule is CCOCc1ccccc1CNC1CCCN(C)CC1. The lowest BCUT2D eigenvalue weighted by atomic mass is 10.1. The van der Waals surface area contributed by atoms with Crippen molar-refractivity contribution < 1.29 is 4.74 Å². The van der Waals surface area contributed by atoms with Crippen LogP contribution in [0.1, 0.15) is 37.3 Å². The van der Waals surface area contributed by atoms with E-state index in [4.69, 9.17) is 4.74 Å². The molecule has 3 heteroatoms. The summed E-state index contributed by atoms with van der Waals surface area (Å²) in [6.45, 7) is 6.94. The summed E-state index contributed by atoms with van der Waals surface area (Å²) in [5.41, 5.74) is 2.69. The summed E-state index contributed by atoms with van der Waals surface area (Å²) in [4.78, 5) is 2.44. The predicted octanol–water partition coefficient (Wildman–Crippen LogP) is 2.80. The first-order chi connectivity index (χ1) is 9.79. The molecule has 1 aliphatic rings. The summed E-state index contributed by atoms with van der Waals surface area (Å²) in [5.74, 6) is 0. The van der Waals surface area contributed by atoms with Crippen LogP contribution in [0, 0.1) is 0 Å². The average Bonchev–Trinajstić information content (AvgIpc) is 2.68. The van der Waals surface area contributed by atoms with Gasteiger partial charge in [-0.25, -0.2) is 0 Å². The molecule has 1 aromatic rings. The molecule has 0 saturated carbocycles. The smallest absolute Gasteiger partial charge is 0.0719 e. The lowest BCUT2D eigenvalue weighted by molar-refractivity contribution is 0.133. The first-order valence-corrected chi connectivity index (χ1v) is 7.86. The van der Waals surface area contributed by atoms with Crippen molar-refractivity contribution in [2.24, 2.45) is 0 Å². The van der Waals surface area contributed by atoms with Crippen LogP contribution >= 0.6 is 0 Å². The molecule has 0 aromatic heterocycles. The van der Waals surface area contributed by atoms with Gasteiger partial charge in [0.2, 0.25) is 0 Å². The van der Waals surface area contributed by atoms with Crippen molar-refractivity contribution in [1.82, 2.24) is 10.2 Å². The molecule has 0 radical (unpaired) electrons. The fourth-order valence-electron chi connectivity index (χ4n) is 2.78. The van der Waals surface area contributed by atoms with E-state index in [1.165, 1.54) is 43.5 Å². The van der Waals surface area contributed by atoms with Gasteiger partial charge in [-0.15, -0.1) is 0 Å². The van der Waals surface area contributed by atoms with E-state index < -0.39 is 0 Å². The number of likely N-dealkylation sites (tertiary alicyclic amines) is 1. The van der Waals surface area contributed by atoms with Crippen LogP contribution in [0.2, 0.25) is 0 Å². The van der Waals surface area contributed by atoms with Crippen LogP contribution < -0.4 is 5.32 Å². The summed E-state index contributed by atoms with van der Waals surface area (Å²) >= 11 is 0. The topological polar surface area (TPSA) is 24.5 Å². The first-order valence-electron chi connectivity index (χ1n) is 7.86. The molecule has 1 heterocycles. The van der Waals surface area contributed by atoms with E-state index in [2.05, 4.69) is 41.5 Å². The Morgan fingerprint density at radius 3 is 2.80 bits per heavy atom. The summed E-state index contributed by atoms with van der Waals surface area (Å²) in [7, 11) is 2.22. The molecule has 1 unspecified atom stereocenters. The quantitative estimate of drug-likeness (QED) is 0.864. The van der Waals surface area contributed by atoms with E-state index in [1.54, 1.807) is 0 Å². The summed E-state index contributed by atoms with van der Waals surface area (Å²) < 4.78 is 5.55. The molecule has 0 spiro atoms. The van der Waals surface area contributed by atoms with Gasteiger partial charge in [-0.2, -0.15) is 0 Å². The average molecular weight is 276 g/mol. The molecular weight excluding hydrogens is 248 g/mol. The van der Waals surface area contributed by atoms with E-state index in [9.17, 15) is 0 Å². The van der Waals surface area contributed by atoms with Gasteiger partial charge in [0.05, 0.1) is 6.61 Å². The normalized spacial score (nSPS) is 20.8. The molecule has 112 valence electrons. The van der Waals surface area contributed by atoms with E-state index in [1.807, 2.05) is 6.92 Å². The van der Waals surface area contributed by atoms with Crippen LogP contribution in [-0.2, 0) is 17.9 Å². The number of hydrogen-bond donors (Lipinski definition) is 1. The van der Waals surface area contributed by atoms with Crippen molar-refractivity contribution in [2.75, 3.05) is 26.7 Å². The minimum Gasteiger partial charge on any atom is -0.377 e. The molecular formula is C17H28N2O. The monoisotopic (exact) mass is 276 g/mol. The van der Waals surface area contributed by atoms with Crippen LogP contribution in [0.15, 0.2) is 24.3 Å². The summed E-state index contributed by atoms with van der Waals surface area (Å²) in [6, 6.07) is 9.25. The minimum absolute atomic E-state index is 0.653. The number of nitrogens with zero attached hydrogens (tertiary/aromatic N) is 1. The molecule has 3 nitrogen and oxygen atoms in total. The van der Waals surface area contributed by atoms with E-state index in [0.717, 1.165) is 19.8 Å². The standard InChI is InChI=1S/C17H28N2O/c1-3-20-14-16-8-5-4-7-15(16)13-18-17-9-6-11-19(2)12-10-17/h4-5,7-8,17-18H,3,6,9-14H2,1-2H3. The third-order valence-electron chi connectivity index (χ3n) is 4.11. The van der Waals surface area contributed by atoms with Crippen molar-refractivity contribution in [1.29, 1.82) is 0 Å². The fraction of sp³-hybridized carbons (Fsp3) is 0.647. The molecule has 2 rings (SSSR count). The number of benzene rings is 1. The summed E-state index contributed by atoms with van der Waals surface area (Å²) in [6.07, 6.45) is 3.84. The molecule has 0 bridgehead atoms. The second-order valence-corrected chi connectivity index (χ2v) is 5.72. The fourth-order valence-corrected chi connectivity index (χ4v) is 2.78. The van der Waals surface area contributed by atoms with Crippen molar-refractivity contribution in [3.8, 4) is 0 Å². The Balaban J connectivity index is 1.86. The lowest BCUT2D eigenvalue weighted by Gasteiger charge is -2.18. The Labute approximate surface area is 123 Å². The zero-order valence-electron chi connectivity index (χ0n) is 12.9. The maximum atomic E-state index is 5.55. The van der Waals surface area contributed by atoms with E-state index >= 15 is 0 Å². The molecule has 1 atom stereocenters. The van der Waals surface area contributed by atoms with Crippen LogP contribution in [0.5, 0.6) is 0 Å². The zero-order chi connectivity index (χ0) is 14.2. The van der Waals surface area contributed by atoms with E-state index in [0.29, 0.717) is 6.04 Å². The third kappa shape index (κ3) is 4.89. The Kier molecular flexibility index (Phi) is 6.51. The molecule has 1 aliphatic heterocycles. The van der Waals surface area contributed by atoms with Gasteiger partial charge in [-0.1, -0.05) is 24.3 Å². The van der Waals surface area contributed by atoms with E-state index in [-0.39, 0.29) is 0 Å². The van der Waals surface area contributed by atoms with Gasteiger partial charge in [0.15, 0.2) is 0 Å². The molecule has 1 saturated heterocycles. The maximum absolute atomic E-state index is 5.55. The molecule has 0 aliphatic carbocycles. The maximum Gasteiger partial charge on any atom is 0.0719 e. The molecule has 20 heavy (non-hydrogen) atoms. The Bertz CT molecular complexity index is 394. The highest BCUT2D eigenvalue weighted by Gasteiger charge is 2.14. The zero-order valence-corrected chi connectivity index (χ0v) is 12.9. The van der Waals surface area contributed by atoms with Crippen molar-refractivity contribution in [2.45, 2.75) is 45.4 Å². The van der Waals surface area contributed by atoms with Crippen LogP contribution in [-0.4, -0.2) is 37.7 Å². The van der Waals surface area contributed by atoms with Gasteiger partial charge in [0.25, 0.3) is 0 Å². The number of ether oxygens (including phenoxy) is 1. The van der Waals surface area contributed by atoms with Crippen LogP contribution in [0.3, 0.4) is 0 Å². The molecule has 0 amide bonds. The summed E-state index contributed by atoms with van der Waals surface area (Å²) in [5, 5.41) is 3.73. The van der Waals surface area contributed by atoms with Gasteiger partial charge in [-0.3, -0.25) is 0 Å². The van der Waals surface area contributed by atoms with Gasteiger partial charge in [0, 0.05) is 19.2 Å². The highest BCUT2D eigenvalue weighted by molar-refractivity contribution is 5.26. The third-order valence-corrected chi connectivity index (χ3v) is 4.11. The van der Waals surface area contributed by atoms with Gasteiger partial charge >= 0.3 is 0 Å². The highest BCUT2D eigenvalue weighted by atomic mass is 16.5. The predicted molar refractivity (Wildman–Crippen MR) is 83.7 cm³/mol. The minimum atomic E-state index is 0.653. The second-order valence-electron chi connectivity index (χ2n) is 5.72. The van der Waals surface area contributed by atoms with Gasteiger partial charge in [-0.05, 0) is 57.5 Å². The van der Waals surface area contributed by atoms with Gasteiger partial charge < -0.3 is 15.0 Å². The number of hydrogen-bond acceptors (Lipinski definition) is 3. The molecule has 1 fully saturated rings. The molecule has 1 N–H and O–H groups in total. The van der Waals surface area contributed by atoms with Crippen molar-refractivity contribution in [3.63, 3.8) is 0 Å². The van der Waals surface area contributed by atoms with Crippen LogP contribution in [0.4, 0.5) is 0 Å². The number of rotatable bonds is 6. The molecule has 1 aromatic carbocycles. The van der Waals surface area contributed by atoms with Gasteiger partial charge in [0.1, 0.15) is 0 Å². The second kappa shape index (κ2) is 8.40. The highest BCUT2D eigenvalue weighted by Crippen LogP contribution is 2.13. The first kappa shape index (κ1) is 15.5. The lowest BCUT2D eigenvalue weighted by Crippen LogP contribution is -2.30. The van der Waals surface area contributed by atoms with Crippen molar-refractivity contribution >= 4 is 0 Å². The van der Waals surface area contributed by atoms with Crippen LogP contribution in [0.25, 0.3) is 0 Å². The number of nitrogens with one attached hydrogen (secondary N) is 1. The Morgan fingerprint density at radius 2 is 2.00 bits per heavy atom.